The molecule has 0 saturated carbocycles. The lowest BCUT2D eigenvalue weighted by Crippen LogP contribution is -2.40. The molecule has 4 rings (SSSR count). The summed E-state index contributed by atoms with van der Waals surface area (Å²) in [6.07, 6.45) is 3.76. The number of aromatic nitrogens is 1. The minimum atomic E-state index is -0.184. The van der Waals surface area contributed by atoms with Crippen molar-refractivity contribution >= 4 is 22.8 Å². The third-order valence-corrected chi connectivity index (χ3v) is 6.17. The number of fused-ring (bicyclic) bond motifs is 1. The highest BCUT2D eigenvalue weighted by Crippen LogP contribution is 2.19. The Bertz CT molecular complexity index is 1120. The maximum Gasteiger partial charge on any atom is 0.221 e. The van der Waals surface area contributed by atoms with E-state index in [0.29, 0.717) is 13.1 Å². The second-order valence-electron chi connectivity index (χ2n) is 8.56. The van der Waals surface area contributed by atoms with Crippen molar-refractivity contribution in [2.45, 2.75) is 32.5 Å². The van der Waals surface area contributed by atoms with E-state index in [1.807, 2.05) is 30.5 Å². The number of aliphatic imine (C=N–C) groups is 1. The van der Waals surface area contributed by atoms with E-state index in [0.717, 1.165) is 49.3 Å². The minimum Gasteiger partial charge on any atom is -0.369 e. The van der Waals surface area contributed by atoms with E-state index in [1.165, 1.54) is 16.7 Å². The average Bonchev–Trinajstić information content (AvgIpc) is 2.84. The molecule has 1 aromatic heterocycles. The molecular weight excluding hydrogens is 412 g/mol. The topological polar surface area (TPSA) is 95.6 Å². The zero-order chi connectivity index (χ0) is 23.0. The lowest BCUT2D eigenvalue weighted by atomic mass is 9.97. The molecule has 1 atom stereocenters. The second kappa shape index (κ2) is 10.9. The van der Waals surface area contributed by atoms with Crippen LogP contribution in [0.5, 0.6) is 0 Å². The number of guanidine groups is 1. The third-order valence-electron chi connectivity index (χ3n) is 6.17. The van der Waals surface area contributed by atoms with Crippen LogP contribution in [0.1, 0.15) is 29.5 Å². The van der Waals surface area contributed by atoms with Gasteiger partial charge >= 0.3 is 0 Å². The highest BCUT2D eigenvalue weighted by molar-refractivity contribution is 5.83. The lowest BCUT2D eigenvalue weighted by Gasteiger charge is -2.31. The summed E-state index contributed by atoms with van der Waals surface area (Å²) >= 11 is 0. The number of carbonyl (C=O) groups excluding carboxylic acids is 1. The zero-order valence-electron chi connectivity index (χ0n) is 19.1. The fraction of sp³-hybridized carbons (Fsp3) is 0.346. The number of nitrogens with two attached hydrogens (primary N) is 1. The molecule has 7 heteroatoms. The summed E-state index contributed by atoms with van der Waals surface area (Å²) in [7, 11) is 1.78. The first-order valence-corrected chi connectivity index (χ1v) is 11.5. The predicted molar refractivity (Wildman–Crippen MR) is 132 cm³/mol. The van der Waals surface area contributed by atoms with Gasteiger partial charge in [-0.15, -0.1) is 0 Å². The van der Waals surface area contributed by atoms with Crippen LogP contribution in [0.15, 0.2) is 65.8 Å². The first-order valence-electron chi connectivity index (χ1n) is 11.5. The van der Waals surface area contributed by atoms with Crippen molar-refractivity contribution in [2.24, 2.45) is 16.6 Å². The summed E-state index contributed by atoms with van der Waals surface area (Å²) in [4.78, 5) is 22.7. The average molecular weight is 445 g/mol. The molecule has 1 saturated heterocycles. The van der Waals surface area contributed by atoms with Crippen molar-refractivity contribution in [3.05, 3.63) is 77.5 Å². The highest BCUT2D eigenvalue weighted by Gasteiger charge is 2.23. The first kappa shape index (κ1) is 22.7. The molecule has 2 heterocycles. The molecule has 0 spiro atoms. The largest absolute Gasteiger partial charge is 0.369 e. The molecule has 0 radical (unpaired) electrons. The molecule has 7 nitrogen and oxygen atoms in total. The van der Waals surface area contributed by atoms with E-state index in [1.54, 1.807) is 7.05 Å². The molecule has 1 unspecified atom stereocenters. The van der Waals surface area contributed by atoms with E-state index in [2.05, 4.69) is 55.8 Å². The lowest BCUT2D eigenvalue weighted by molar-refractivity contribution is -0.123. The number of carbonyl (C=O) groups is 1. The molecule has 2 aromatic carbocycles. The fourth-order valence-electron chi connectivity index (χ4n) is 4.42. The number of amides is 1. The van der Waals surface area contributed by atoms with Crippen LogP contribution < -0.4 is 16.4 Å². The molecule has 3 aromatic rings. The van der Waals surface area contributed by atoms with Crippen LogP contribution in [0.2, 0.25) is 0 Å². The minimum absolute atomic E-state index is 0.0319. The van der Waals surface area contributed by atoms with Gasteiger partial charge < -0.3 is 16.4 Å². The number of hydrogen-bond donors (Lipinski definition) is 3. The van der Waals surface area contributed by atoms with Gasteiger partial charge in [-0.25, -0.2) is 0 Å². The van der Waals surface area contributed by atoms with E-state index in [-0.39, 0.29) is 11.8 Å². The fourth-order valence-corrected chi connectivity index (χ4v) is 4.42. The number of rotatable bonds is 7. The SMILES string of the molecule is CN=C(NCc1cccc(CN2CCCC(C(N)=O)C2)c1)NCc1ccnc2ccccc12. The number of hydrogen-bond acceptors (Lipinski definition) is 4. The van der Waals surface area contributed by atoms with Crippen molar-refractivity contribution in [3.8, 4) is 0 Å². The summed E-state index contributed by atoms with van der Waals surface area (Å²) in [5.74, 6) is 0.536. The number of nitrogens with zero attached hydrogens (tertiary/aromatic N) is 3. The van der Waals surface area contributed by atoms with Gasteiger partial charge in [-0.05, 0) is 48.2 Å². The molecular formula is C26H32N6O. The van der Waals surface area contributed by atoms with Gasteiger partial charge in [0.25, 0.3) is 0 Å². The summed E-state index contributed by atoms with van der Waals surface area (Å²) < 4.78 is 0. The van der Waals surface area contributed by atoms with Crippen LogP contribution in [-0.2, 0) is 24.4 Å². The van der Waals surface area contributed by atoms with Gasteiger partial charge in [-0.3, -0.25) is 19.7 Å². The molecule has 1 amide bonds. The van der Waals surface area contributed by atoms with Crippen molar-refractivity contribution in [2.75, 3.05) is 20.1 Å². The van der Waals surface area contributed by atoms with Crippen molar-refractivity contribution < 1.29 is 4.79 Å². The number of para-hydroxylation sites is 1. The molecule has 1 fully saturated rings. The van der Waals surface area contributed by atoms with Crippen molar-refractivity contribution in [1.82, 2.24) is 20.5 Å². The quantitative estimate of drug-likeness (QED) is 0.385. The molecule has 33 heavy (non-hydrogen) atoms. The van der Waals surface area contributed by atoms with Crippen LogP contribution in [0.25, 0.3) is 10.9 Å². The van der Waals surface area contributed by atoms with Crippen LogP contribution in [0.3, 0.4) is 0 Å². The second-order valence-corrected chi connectivity index (χ2v) is 8.56. The van der Waals surface area contributed by atoms with Gasteiger partial charge in [-0.2, -0.15) is 0 Å². The highest BCUT2D eigenvalue weighted by atomic mass is 16.1. The Kier molecular flexibility index (Phi) is 7.52. The predicted octanol–water partition coefficient (Wildman–Crippen LogP) is 2.80. The van der Waals surface area contributed by atoms with Crippen LogP contribution in [0.4, 0.5) is 0 Å². The maximum atomic E-state index is 11.6. The Morgan fingerprint density at radius 1 is 1.12 bits per heavy atom. The van der Waals surface area contributed by atoms with Gasteiger partial charge in [0.1, 0.15) is 0 Å². The van der Waals surface area contributed by atoms with Crippen molar-refractivity contribution in [1.29, 1.82) is 0 Å². The van der Waals surface area contributed by atoms with Gasteiger partial charge in [0.05, 0.1) is 11.4 Å². The first-order chi connectivity index (χ1) is 16.1. The Morgan fingerprint density at radius 2 is 1.94 bits per heavy atom. The van der Waals surface area contributed by atoms with Gasteiger partial charge in [0.15, 0.2) is 5.96 Å². The number of likely N-dealkylation sites (tertiary alicyclic amines) is 1. The number of pyridine rings is 1. The molecule has 4 N–H and O–H groups in total. The standard InChI is InChI=1S/C26H32N6O/c1-28-26(31-16-21-11-12-29-24-10-3-2-9-23(21)24)30-15-19-6-4-7-20(14-19)17-32-13-5-8-22(18-32)25(27)33/h2-4,6-7,9-12,14,22H,5,8,13,15-18H2,1H3,(H2,27,33)(H2,28,30,31). The molecule has 0 aliphatic carbocycles. The smallest absolute Gasteiger partial charge is 0.221 e. The van der Waals surface area contributed by atoms with Crippen molar-refractivity contribution in [3.63, 3.8) is 0 Å². The van der Waals surface area contributed by atoms with Crippen LogP contribution in [-0.4, -0.2) is 41.9 Å². The number of nitrogens with one attached hydrogen (secondary N) is 2. The van der Waals surface area contributed by atoms with Gasteiger partial charge in [0.2, 0.25) is 5.91 Å². The summed E-state index contributed by atoms with van der Waals surface area (Å²) in [6.45, 7) is 3.93. The Hall–Kier alpha value is -3.45. The molecule has 172 valence electrons. The van der Waals surface area contributed by atoms with Crippen LogP contribution >= 0.6 is 0 Å². The summed E-state index contributed by atoms with van der Waals surface area (Å²) in [5, 5.41) is 7.95. The van der Waals surface area contributed by atoms with Gasteiger partial charge in [-0.1, -0.05) is 42.5 Å². The normalized spacial score (nSPS) is 17.1. The summed E-state index contributed by atoms with van der Waals surface area (Å²) in [5.41, 5.74) is 10.1. The Labute approximate surface area is 195 Å². The van der Waals surface area contributed by atoms with Crippen LogP contribution in [0, 0.1) is 5.92 Å². The molecule has 0 bridgehead atoms. The number of piperidine rings is 1. The zero-order valence-corrected chi connectivity index (χ0v) is 19.1. The summed E-state index contributed by atoms with van der Waals surface area (Å²) in [6, 6.07) is 18.7. The van der Waals surface area contributed by atoms with E-state index in [4.69, 9.17) is 5.73 Å². The maximum absolute atomic E-state index is 11.6. The number of benzene rings is 2. The van der Waals surface area contributed by atoms with E-state index < -0.39 is 0 Å². The number of primary amides is 1. The third kappa shape index (κ3) is 6.08. The molecule has 1 aliphatic heterocycles. The Balaban J connectivity index is 1.32. The van der Waals surface area contributed by atoms with E-state index in [9.17, 15) is 4.79 Å². The molecule has 1 aliphatic rings. The monoisotopic (exact) mass is 444 g/mol. The van der Waals surface area contributed by atoms with Gasteiger partial charge in [0, 0.05) is 44.8 Å². The Morgan fingerprint density at radius 3 is 2.79 bits per heavy atom. The van der Waals surface area contributed by atoms with E-state index >= 15 is 0 Å².